The van der Waals surface area contributed by atoms with Crippen molar-refractivity contribution in [2.24, 2.45) is 0 Å². The Bertz CT molecular complexity index is 352. The Balaban J connectivity index is 2.74. The molecular weight excluding hydrogens is 214 g/mol. The van der Waals surface area contributed by atoms with Crippen LogP contribution in [0.3, 0.4) is 0 Å². The van der Waals surface area contributed by atoms with Crippen LogP contribution in [0.5, 0.6) is 5.75 Å². The number of amides is 1. The minimum Gasteiger partial charge on any atom is -0.507 e. The van der Waals surface area contributed by atoms with Gasteiger partial charge in [0.15, 0.2) is 0 Å². The molecule has 2 atom stereocenters. The molecule has 0 aliphatic carbocycles. The van der Waals surface area contributed by atoms with E-state index in [9.17, 15) is 9.90 Å². The summed E-state index contributed by atoms with van der Waals surface area (Å²) in [5, 5.41) is 12.0. The first kappa shape index (κ1) is 11.9. The largest absolute Gasteiger partial charge is 0.507 e. The van der Waals surface area contributed by atoms with Crippen molar-refractivity contribution in [1.29, 1.82) is 0 Å². The molecule has 0 saturated carbocycles. The molecular formula is C11H14ClNO2. The molecule has 0 heterocycles. The SMILES string of the molecule is CC(Cl)C(C)NC(=O)c1ccccc1O. The van der Waals surface area contributed by atoms with Crippen LogP contribution >= 0.6 is 11.6 Å². The molecule has 1 amide bonds. The normalized spacial score (nSPS) is 14.3. The van der Waals surface area contributed by atoms with Crippen molar-refractivity contribution in [3.63, 3.8) is 0 Å². The summed E-state index contributed by atoms with van der Waals surface area (Å²) >= 11 is 5.82. The van der Waals surface area contributed by atoms with Crippen LogP contribution in [-0.2, 0) is 0 Å². The number of hydrogen-bond acceptors (Lipinski definition) is 2. The Hall–Kier alpha value is -1.22. The Morgan fingerprint density at radius 2 is 2.00 bits per heavy atom. The zero-order valence-electron chi connectivity index (χ0n) is 8.70. The molecule has 2 N–H and O–H groups in total. The third kappa shape index (κ3) is 3.13. The number of aromatic hydroxyl groups is 1. The summed E-state index contributed by atoms with van der Waals surface area (Å²) in [6.07, 6.45) is 0. The first-order valence-electron chi connectivity index (χ1n) is 4.75. The van der Waals surface area contributed by atoms with Gasteiger partial charge in [0.05, 0.1) is 10.9 Å². The molecule has 3 nitrogen and oxygen atoms in total. The van der Waals surface area contributed by atoms with E-state index in [0.717, 1.165) is 0 Å². The van der Waals surface area contributed by atoms with Gasteiger partial charge in [0, 0.05) is 6.04 Å². The monoisotopic (exact) mass is 227 g/mol. The fraction of sp³-hybridized carbons (Fsp3) is 0.364. The minimum atomic E-state index is -0.312. The van der Waals surface area contributed by atoms with Crippen LogP contribution in [0.1, 0.15) is 24.2 Å². The summed E-state index contributed by atoms with van der Waals surface area (Å²) < 4.78 is 0. The molecule has 0 radical (unpaired) electrons. The van der Waals surface area contributed by atoms with Crippen molar-refractivity contribution in [2.45, 2.75) is 25.3 Å². The van der Waals surface area contributed by atoms with Gasteiger partial charge in [-0.1, -0.05) is 12.1 Å². The Kier molecular flexibility index (Phi) is 3.97. The van der Waals surface area contributed by atoms with Gasteiger partial charge in [0.1, 0.15) is 5.75 Å². The Morgan fingerprint density at radius 3 is 2.53 bits per heavy atom. The molecule has 2 unspecified atom stereocenters. The third-order valence-electron chi connectivity index (χ3n) is 2.20. The molecule has 0 bridgehead atoms. The lowest BCUT2D eigenvalue weighted by molar-refractivity contribution is 0.0937. The number of rotatable bonds is 3. The molecule has 1 rings (SSSR count). The predicted octanol–water partition coefficient (Wildman–Crippen LogP) is 2.14. The maximum absolute atomic E-state index is 11.7. The molecule has 82 valence electrons. The average molecular weight is 228 g/mol. The van der Waals surface area contributed by atoms with E-state index in [0.29, 0.717) is 0 Å². The molecule has 0 spiro atoms. The molecule has 0 aliphatic rings. The van der Waals surface area contributed by atoms with Crippen LogP contribution in [0.4, 0.5) is 0 Å². The molecule has 1 aromatic carbocycles. The Morgan fingerprint density at radius 1 is 1.40 bits per heavy atom. The summed E-state index contributed by atoms with van der Waals surface area (Å²) in [6.45, 7) is 3.62. The predicted molar refractivity (Wildman–Crippen MR) is 60.4 cm³/mol. The lowest BCUT2D eigenvalue weighted by Gasteiger charge is -2.16. The number of hydrogen-bond donors (Lipinski definition) is 2. The molecule has 15 heavy (non-hydrogen) atoms. The fourth-order valence-corrected chi connectivity index (χ4v) is 1.13. The van der Waals surface area contributed by atoms with E-state index in [1.54, 1.807) is 25.1 Å². The topological polar surface area (TPSA) is 49.3 Å². The quantitative estimate of drug-likeness (QED) is 0.778. The number of halogens is 1. The molecule has 0 fully saturated rings. The van der Waals surface area contributed by atoms with Crippen LogP contribution < -0.4 is 5.32 Å². The molecule has 0 aromatic heterocycles. The number of benzene rings is 1. The third-order valence-corrected chi connectivity index (χ3v) is 2.57. The summed E-state index contributed by atoms with van der Waals surface area (Å²) in [5.41, 5.74) is 0.265. The van der Waals surface area contributed by atoms with Crippen molar-refractivity contribution in [1.82, 2.24) is 5.32 Å². The van der Waals surface area contributed by atoms with E-state index < -0.39 is 0 Å². The van der Waals surface area contributed by atoms with Gasteiger partial charge in [0.25, 0.3) is 5.91 Å². The number of carbonyl (C=O) groups is 1. The van der Waals surface area contributed by atoms with Gasteiger partial charge in [-0.2, -0.15) is 0 Å². The van der Waals surface area contributed by atoms with E-state index in [1.165, 1.54) is 6.07 Å². The van der Waals surface area contributed by atoms with Crippen molar-refractivity contribution in [3.05, 3.63) is 29.8 Å². The summed E-state index contributed by atoms with van der Waals surface area (Å²) in [6, 6.07) is 6.27. The number of carbonyl (C=O) groups excluding carboxylic acids is 1. The first-order valence-corrected chi connectivity index (χ1v) is 5.19. The highest BCUT2D eigenvalue weighted by molar-refractivity contribution is 6.21. The van der Waals surface area contributed by atoms with Gasteiger partial charge in [-0.15, -0.1) is 11.6 Å². The van der Waals surface area contributed by atoms with Crippen LogP contribution in [0.25, 0.3) is 0 Å². The number of para-hydroxylation sites is 1. The van der Waals surface area contributed by atoms with Crippen molar-refractivity contribution < 1.29 is 9.90 Å². The fourth-order valence-electron chi connectivity index (χ4n) is 1.07. The smallest absolute Gasteiger partial charge is 0.255 e. The van der Waals surface area contributed by atoms with Crippen LogP contribution in [-0.4, -0.2) is 22.4 Å². The van der Waals surface area contributed by atoms with E-state index in [4.69, 9.17) is 11.6 Å². The highest BCUT2D eigenvalue weighted by Gasteiger charge is 2.15. The van der Waals surface area contributed by atoms with Gasteiger partial charge >= 0.3 is 0 Å². The van der Waals surface area contributed by atoms with E-state index in [2.05, 4.69) is 5.32 Å². The summed E-state index contributed by atoms with van der Waals surface area (Å²) in [4.78, 5) is 11.7. The van der Waals surface area contributed by atoms with Crippen LogP contribution in [0.15, 0.2) is 24.3 Å². The molecule has 1 aromatic rings. The number of phenols is 1. The average Bonchev–Trinajstić information content (AvgIpc) is 2.18. The highest BCUT2D eigenvalue weighted by atomic mass is 35.5. The maximum Gasteiger partial charge on any atom is 0.255 e. The molecule has 4 heteroatoms. The minimum absolute atomic E-state index is 0.0237. The molecule has 0 aliphatic heterocycles. The van der Waals surface area contributed by atoms with E-state index in [-0.39, 0.29) is 28.6 Å². The van der Waals surface area contributed by atoms with Gasteiger partial charge in [-0.3, -0.25) is 4.79 Å². The number of nitrogens with one attached hydrogen (secondary N) is 1. The lowest BCUT2D eigenvalue weighted by atomic mass is 10.1. The highest BCUT2D eigenvalue weighted by Crippen LogP contribution is 2.15. The molecule has 0 saturated heterocycles. The van der Waals surface area contributed by atoms with Crippen LogP contribution in [0.2, 0.25) is 0 Å². The lowest BCUT2D eigenvalue weighted by Crippen LogP contribution is -2.37. The number of alkyl halides is 1. The first-order chi connectivity index (χ1) is 7.02. The van der Waals surface area contributed by atoms with Gasteiger partial charge in [-0.25, -0.2) is 0 Å². The summed E-state index contributed by atoms with van der Waals surface area (Å²) in [7, 11) is 0. The van der Waals surface area contributed by atoms with Crippen LogP contribution in [0, 0.1) is 0 Å². The van der Waals surface area contributed by atoms with E-state index in [1.807, 2.05) is 6.92 Å². The van der Waals surface area contributed by atoms with Gasteiger partial charge in [0.2, 0.25) is 0 Å². The second-order valence-corrected chi connectivity index (χ2v) is 4.15. The second kappa shape index (κ2) is 5.03. The van der Waals surface area contributed by atoms with E-state index >= 15 is 0 Å². The number of phenolic OH excluding ortho intramolecular Hbond substituents is 1. The van der Waals surface area contributed by atoms with Crippen molar-refractivity contribution >= 4 is 17.5 Å². The Labute approximate surface area is 94.1 Å². The maximum atomic E-state index is 11.7. The van der Waals surface area contributed by atoms with Gasteiger partial charge in [-0.05, 0) is 26.0 Å². The summed E-state index contributed by atoms with van der Waals surface area (Å²) in [5.74, 6) is -0.336. The van der Waals surface area contributed by atoms with Crippen molar-refractivity contribution in [2.75, 3.05) is 0 Å². The van der Waals surface area contributed by atoms with Gasteiger partial charge < -0.3 is 10.4 Å². The second-order valence-electron chi connectivity index (χ2n) is 3.46. The standard InChI is InChI=1S/C11H14ClNO2/c1-7(12)8(2)13-11(15)9-5-3-4-6-10(9)14/h3-8,14H,1-2H3,(H,13,15). The zero-order chi connectivity index (χ0) is 11.4. The zero-order valence-corrected chi connectivity index (χ0v) is 9.45. The van der Waals surface area contributed by atoms with Crippen molar-refractivity contribution in [3.8, 4) is 5.75 Å².